The third kappa shape index (κ3) is 2.81. The fourth-order valence-electron chi connectivity index (χ4n) is 1.22. The molecule has 0 saturated carbocycles. The van der Waals surface area contributed by atoms with Crippen molar-refractivity contribution in [2.24, 2.45) is 0 Å². The molecule has 1 rings (SSSR count). The van der Waals surface area contributed by atoms with Crippen molar-refractivity contribution in [1.29, 1.82) is 0 Å². The summed E-state index contributed by atoms with van der Waals surface area (Å²) in [7, 11) is -3.33. The molecule has 0 amide bonds. The van der Waals surface area contributed by atoms with Crippen molar-refractivity contribution in [3.63, 3.8) is 0 Å². The maximum atomic E-state index is 13.7. The number of aliphatic hydroxyl groups is 1. The Hall–Kier alpha value is -0.460. The smallest absolute Gasteiger partial charge is 0.176 e. The van der Waals surface area contributed by atoms with Crippen molar-refractivity contribution in [2.45, 2.75) is 17.5 Å². The lowest BCUT2D eigenvalue weighted by molar-refractivity contribution is 0.0867. The second kappa shape index (κ2) is 4.43. The Labute approximate surface area is 102 Å². The van der Waals surface area contributed by atoms with Crippen LogP contribution in [0.2, 0.25) is 0 Å². The number of hydrogen-bond donors (Lipinski definition) is 1. The van der Waals surface area contributed by atoms with Gasteiger partial charge in [-0.05, 0) is 40.5 Å². The van der Waals surface area contributed by atoms with Gasteiger partial charge in [0.15, 0.2) is 15.5 Å². The lowest BCUT2D eigenvalue weighted by Gasteiger charge is -2.18. The summed E-state index contributed by atoms with van der Waals surface area (Å²) in [5.74, 6) is 0. The Morgan fingerprint density at radius 3 is 2.44 bits per heavy atom. The zero-order valence-electron chi connectivity index (χ0n) is 8.87. The molecule has 1 aromatic carbocycles. The molecular weight excluding hydrogens is 299 g/mol. The monoisotopic (exact) mass is 310 g/mol. The number of halogens is 2. The Kier molecular flexibility index (Phi) is 3.76. The van der Waals surface area contributed by atoms with Gasteiger partial charge in [0.2, 0.25) is 0 Å². The summed E-state index contributed by atoms with van der Waals surface area (Å²) >= 11 is 3.08. The van der Waals surface area contributed by atoms with Gasteiger partial charge in [0.1, 0.15) is 0 Å². The molecule has 1 atom stereocenters. The third-order valence-electron chi connectivity index (χ3n) is 2.23. The van der Waals surface area contributed by atoms with E-state index in [0.29, 0.717) is 4.47 Å². The predicted molar refractivity (Wildman–Crippen MR) is 62.8 cm³/mol. The van der Waals surface area contributed by atoms with Gasteiger partial charge >= 0.3 is 0 Å². The van der Waals surface area contributed by atoms with E-state index in [-0.39, 0.29) is 10.5 Å². The number of alkyl halides is 1. The minimum atomic E-state index is -3.33. The zero-order chi connectivity index (χ0) is 12.6. The van der Waals surface area contributed by atoms with Gasteiger partial charge < -0.3 is 5.11 Å². The average molecular weight is 311 g/mol. The first kappa shape index (κ1) is 13.6. The molecule has 1 aromatic rings. The Morgan fingerprint density at radius 1 is 1.50 bits per heavy atom. The first-order valence-electron chi connectivity index (χ1n) is 4.48. The van der Waals surface area contributed by atoms with Crippen LogP contribution in [-0.2, 0) is 15.5 Å². The number of aliphatic hydroxyl groups excluding tert-OH is 1. The topological polar surface area (TPSA) is 54.4 Å². The van der Waals surface area contributed by atoms with Gasteiger partial charge in [-0.25, -0.2) is 12.8 Å². The van der Waals surface area contributed by atoms with Gasteiger partial charge in [-0.2, -0.15) is 0 Å². The largest absolute Gasteiger partial charge is 0.393 e. The van der Waals surface area contributed by atoms with Crippen LogP contribution in [0, 0.1) is 0 Å². The quantitative estimate of drug-likeness (QED) is 0.929. The Balaban J connectivity index is 3.30. The summed E-state index contributed by atoms with van der Waals surface area (Å²) < 4.78 is 36.7. The highest BCUT2D eigenvalue weighted by Crippen LogP contribution is 2.30. The Morgan fingerprint density at radius 2 is 2.06 bits per heavy atom. The van der Waals surface area contributed by atoms with E-state index in [0.717, 1.165) is 6.26 Å². The fraction of sp³-hybridized carbons (Fsp3) is 0.400. The highest BCUT2D eigenvalue weighted by Gasteiger charge is 2.26. The fourth-order valence-corrected chi connectivity index (χ4v) is 3.21. The summed E-state index contributed by atoms with van der Waals surface area (Å²) in [4.78, 5) is 0.102. The molecule has 0 aliphatic heterocycles. The number of benzene rings is 1. The molecule has 16 heavy (non-hydrogen) atoms. The predicted octanol–water partition coefficient (Wildman–Crippen LogP) is 2.03. The van der Waals surface area contributed by atoms with E-state index in [1.807, 2.05) is 0 Å². The molecular formula is C10H12BrFO3S. The lowest BCUT2D eigenvalue weighted by atomic mass is 9.99. The molecule has 6 heteroatoms. The molecule has 0 spiro atoms. The summed E-state index contributed by atoms with van der Waals surface area (Å²) in [5.41, 5.74) is -1.65. The zero-order valence-corrected chi connectivity index (χ0v) is 11.3. The van der Waals surface area contributed by atoms with E-state index < -0.39 is 22.1 Å². The van der Waals surface area contributed by atoms with E-state index in [4.69, 9.17) is 5.11 Å². The van der Waals surface area contributed by atoms with Gasteiger partial charge in [0.05, 0.1) is 11.5 Å². The normalized spacial score (nSPS) is 15.8. The van der Waals surface area contributed by atoms with Gasteiger partial charge in [0.25, 0.3) is 0 Å². The van der Waals surface area contributed by atoms with Crippen LogP contribution in [0.25, 0.3) is 0 Å². The lowest BCUT2D eigenvalue weighted by Crippen LogP contribution is -2.20. The van der Waals surface area contributed by atoms with Gasteiger partial charge in [0, 0.05) is 10.7 Å². The average Bonchev–Trinajstić information content (AvgIpc) is 2.15. The first-order valence-corrected chi connectivity index (χ1v) is 7.17. The number of hydrogen-bond acceptors (Lipinski definition) is 3. The van der Waals surface area contributed by atoms with Crippen molar-refractivity contribution in [3.05, 3.63) is 28.2 Å². The molecule has 1 N–H and O–H groups in total. The van der Waals surface area contributed by atoms with Gasteiger partial charge in [-0.3, -0.25) is 0 Å². The van der Waals surface area contributed by atoms with E-state index in [9.17, 15) is 12.8 Å². The third-order valence-corrected chi connectivity index (χ3v) is 4.30. The molecule has 0 heterocycles. The number of rotatable bonds is 3. The summed E-state index contributed by atoms with van der Waals surface area (Å²) in [6.45, 7) is 0.576. The van der Waals surface area contributed by atoms with Crippen LogP contribution in [-0.4, -0.2) is 26.4 Å². The maximum Gasteiger partial charge on any atom is 0.176 e. The standard InChI is InChI=1S/C10H12BrFO3S/c1-10(12,6-13)7-3-4-9(8(11)5-7)16(2,14)15/h3-5,13H,6H2,1-2H3. The molecule has 0 fully saturated rings. The van der Waals surface area contributed by atoms with Crippen molar-refractivity contribution in [3.8, 4) is 0 Å². The molecule has 90 valence electrons. The van der Waals surface area contributed by atoms with Gasteiger partial charge in [-0.15, -0.1) is 0 Å². The van der Waals surface area contributed by atoms with Crippen molar-refractivity contribution in [2.75, 3.05) is 12.9 Å². The van der Waals surface area contributed by atoms with E-state index in [1.54, 1.807) is 0 Å². The molecule has 0 bridgehead atoms. The van der Waals surface area contributed by atoms with Crippen molar-refractivity contribution in [1.82, 2.24) is 0 Å². The number of sulfone groups is 1. The van der Waals surface area contributed by atoms with Crippen LogP contribution in [0.4, 0.5) is 4.39 Å². The molecule has 3 nitrogen and oxygen atoms in total. The van der Waals surface area contributed by atoms with Crippen LogP contribution >= 0.6 is 15.9 Å². The molecule has 0 saturated heterocycles. The Bertz CT molecular complexity index is 497. The van der Waals surface area contributed by atoms with Crippen LogP contribution in [0.3, 0.4) is 0 Å². The highest BCUT2D eigenvalue weighted by molar-refractivity contribution is 9.10. The minimum absolute atomic E-state index is 0.102. The van der Waals surface area contributed by atoms with Crippen LogP contribution in [0.1, 0.15) is 12.5 Å². The van der Waals surface area contributed by atoms with Crippen molar-refractivity contribution >= 4 is 25.8 Å². The first-order chi connectivity index (χ1) is 7.18. The molecule has 0 radical (unpaired) electrons. The molecule has 0 aliphatic rings. The second-order valence-electron chi connectivity index (χ2n) is 3.77. The van der Waals surface area contributed by atoms with Crippen molar-refractivity contribution < 1.29 is 17.9 Å². The van der Waals surface area contributed by atoms with E-state index in [2.05, 4.69) is 15.9 Å². The molecule has 0 aliphatic carbocycles. The summed E-state index contributed by atoms with van der Waals surface area (Å²) in [6, 6.07) is 4.05. The van der Waals surface area contributed by atoms with Crippen LogP contribution in [0.15, 0.2) is 27.6 Å². The van der Waals surface area contributed by atoms with E-state index in [1.165, 1.54) is 25.1 Å². The second-order valence-corrected chi connectivity index (χ2v) is 6.61. The molecule has 0 aromatic heterocycles. The summed E-state index contributed by atoms with van der Waals surface area (Å²) in [5, 5.41) is 8.86. The summed E-state index contributed by atoms with van der Waals surface area (Å²) in [6.07, 6.45) is 1.08. The molecule has 1 unspecified atom stereocenters. The van der Waals surface area contributed by atoms with Crippen LogP contribution in [0.5, 0.6) is 0 Å². The SMILES string of the molecule is CC(F)(CO)c1ccc(S(C)(=O)=O)c(Br)c1. The van der Waals surface area contributed by atoms with Crippen LogP contribution < -0.4 is 0 Å². The van der Waals surface area contributed by atoms with Gasteiger partial charge in [-0.1, -0.05) is 6.07 Å². The highest BCUT2D eigenvalue weighted by atomic mass is 79.9. The maximum absolute atomic E-state index is 13.7. The minimum Gasteiger partial charge on any atom is -0.393 e. The van der Waals surface area contributed by atoms with E-state index >= 15 is 0 Å².